The zero-order chi connectivity index (χ0) is 20.7. The number of likely N-dealkylation sites (N-methyl/N-ethyl adjacent to an activating group) is 1. The molecule has 3 amide bonds. The molecule has 2 N–H and O–H groups in total. The Labute approximate surface area is 167 Å². The summed E-state index contributed by atoms with van der Waals surface area (Å²) in [7, 11) is 0. The van der Waals surface area contributed by atoms with Crippen LogP contribution in [-0.4, -0.2) is 60.2 Å². The highest BCUT2D eigenvalue weighted by Gasteiger charge is 2.25. The van der Waals surface area contributed by atoms with E-state index < -0.39 is 0 Å². The van der Waals surface area contributed by atoms with E-state index in [0.29, 0.717) is 36.3 Å². The molecule has 0 spiro atoms. The van der Waals surface area contributed by atoms with Gasteiger partial charge < -0.3 is 15.5 Å². The SMILES string of the molecule is CCN(CC(=O)Nc1ccc(NC(C)=O)cc1)C(=O)CN1C[C@H](C)C[C@@H](C)C1. The molecule has 2 rings (SSSR count). The Hall–Kier alpha value is -2.41. The number of nitrogens with one attached hydrogen (secondary N) is 2. The summed E-state index contributed by atoms with van der Waals surface area (Å²) in [5.41, 5.74) is 1.29. The first-order valence-electron chi connectivity index (χ1n) is 9.94. The van der Waals surface area contributed by atoms with Gasteiger partial charge in [0.25, 0.3) is 0 Å². The molecule has 1 aliphatic heterocycles. The summed E-state index contributed by atoms with van der Waals surface area (Å²) in [5, 5.41) is 5.48. The van der Waals surface area contributed by atoms with Crippen molar-refractivity contribution in [3.05, 3.63) is 24.3 Å². The van der Waals surface area contributed by atoms with Crippen molar-refractivity contribution in [2.75, 3.05) is 43.4 Å². The summed E-state index contributed by atoms with van der Waals surface area (Å²) in [6.45, 7) is 10.5. The van der Waals surface area contributed by atoms with Crippen molar-refractivity contribution in [1.29, 1.82) is 0 Å². The lowest BCUT2D eigenvalue weighted by Gasteiger charge is -2.35. The van der Waals surface area contributed by atoms with Gasteiger partial charge in [-0.25, -0.2) is 0 Å². The standard InChI is InChI=1S/C21H32N4O3/c1-5-25(21(28)14-24-11-15(2)10-16(3)12-24)13-20(27)23-19-8-6-18(7-9-19)22-17(4)26/h6-9,15-16H,5,10-14H2,1-4H3,(H,22,26)(H,23,27)/t15-,16-/m1/s1. The molecular weight excluding hydrogens is 356 g/mol. The number of piperidine rings is 1. The largest absolute Gasteiger partial charge is 0.333 e. The average Bonchev–Trinajstić information content (AvgIpc) is 2.60. The maximum atomic E-state index is 12.7. The van der Waals surface area contributed by atoms with Gasteiger partial charge in [-0.2, -0.15) is 0 Å². The molecule has 0 aliphatic carbocycles. The third-order valence-corrected chi connectivity index (χ3v) is 4.86. The van der Waals surface area contributed by atoms with Crippen molar-refractivity contribution in [2.45, 2.75) is 34.1 Å². The number of carbonyl (C=O) groups is 3. The van der Waals surface area contributed by atoms with Crippen LogP contribution in [0, 0.1) is 11.8 Å². The van der Waals surface area contributed by atoms with Gasteiger partial charge in [0.2, 0.25) is 17.7 Å². The minimum absolute atomic E-state index is 0.0139. The van der Waals surface area contributed by atoms with Crippen molar-refractivity contribution in [3.63, 3.8) is 0 Å². The molecule has 28 heavy (non-hydrogen) atoms. The maximum Gasteiger partial charge on any atom is 0.243 e. The zero-order valence-corrected chi connectivity index (χ0v) is 17.3. The number of benzene rings is 1. The number of anilines is 2. The lowest BCUT2D eigenvalue weighted by molar-refractivity contribution is -0.136. The lowest BCUT2D eigenvalue weighted by Crippen LogP contribution is -2.47. The molecule has 1 fully saturated rings. The molecule has 0 unspecified atom stereocenters. The van der Waals surface area contributed by atoms with E-state index in [0.717, 1.165) is 13.1 Å². The van der Waals surface area contributed by atoms with E-state index in [1.165, 1.54) is 13.3 Å². The quantitative estimate of drug-likeness (QED) is 0.752. The maximum absolute atomic E-state index is 12.7. The van der Waals surface area contributed by atoms with Gasteiger partial charge in [0, 0.05) is 37.9 Å². The fourth-order valence-electron chi connectivity index (χ4n) is 3.80. The predicted octanol–water partition coefficient (Wildman–Crippen LogP) is 2.41. The monoisotopic (exact) mass is 388 g/mol. The molecule has 2 atom stereocenters. The van der Waals surface area contributed by atoms with Crippen LogP contribution in [0.5, 0.6) is 0 Å². The zero-order valence-electron chi connectivity index (χ0n) is 17.3. The summed E-state index contributed by atoms with van der Waals surface area (Å²) in [4.78, 5) is 39.8. The fourth-order valence-corrected chi connectivity index (χ4v) is 3.80. The molecule has 0 saturated carbocycles. The van der Waals surface area contributed by atoms with Crippen LogP contribution in [0.1, 0.15) is 34.1 Å². The Morgan fingerprint density at radius 1 is 1.04 bits per heavy atom. The first kappa shape index (κ1) is 21.9. The van der Waals surface area contributed by atoms with Gasteiger partial charge in [-0.05, 0) is 49.4 Å². The predicted molar refractivity (Wildman–Crippen MR) is 111 cm³/mol. The first-order valence-corrected chi connectivity index (χ1v) is 9.94. The second-order valence-electron chi connectivity index (χ2n) is 7.85. The van der Waals surface area contributed by atoms with Gasteiger partial charge in [0.1, 0.15) is 0 Å². The minimum atomic E-state index is -0.233. The van der Waals surface area contributed by atoms with E-state index in [9.17, 15) is 14.4 Å². The number of amides is 3. The molecule has 7 heteroatoms. The van der Waals surface area contributed by atoms with Crippen LogP contribution in [-0.2, 0) is 14.4 Å². The van der Waals surface area contributed by atoms with E-state index in [-0.39, 0.29) is 24.3 Å². The fraction of sp³-hybridized carbons (Fsp3) is 0.571. The number of nitrogens with zero attached hydrogens (tertiary/aromatic N) is 2. The first-order chi connectivity index (χ1) is 13.3. The van der Waals surface area contributed by atoms with E-state index in [4.69, 9.17) is 0 Å². The van der Waals surface area contributed by atoms with Crippen molar-refractivity contribution in [3.8, 4) is 0 Å². The Bertz CT molecular complexity index is 679. The smallest absolute Gasteiger partial charge is 0.243 e. The van der Waals surface area contributed by atoms with Crippen LogP contribution in [0.4, 0.5) is 11.4 Å². The van der Waals surface area contributed by atoms with E-state index >= 15 is 0 Å². The van der Waals surface area contributed by atoms with E-state index in [1.807, 2.05) is 6.92 Å². The average molecular weight is 389 g/mol. The van der Waals surface area contributed by atoms with Crippen LogP contribution in [0.3, 0.4) is 0 Å². The Morgan fingerprint density at radius 3 is 2.07 bits per heavy atom. The van der Waals surface area contributed by atoms with Gasteiger partial charge in [0.05, 0.1) is 13.1 Å². The Morgan fingerprint density at radius 2 is 1.57 bits per heavy atom. The number of hydrogen-bond donors (Lipinski definition) is 2. The van der Waals surface area contributed by atoms with E-state index in [2.05, 4.69) is 29.4 Å². The van der Waals surface area contributed by atoms with Gasteiger partial charge >= 0.3 is 0 Å². The number of likely N-dealkylation sites (tertiary alicyclic amines) is 1. The molecule has 1 aliphatic rings. The minimum Gasteiger partial charge on any atom is -0.333 e. The van der Waals surface area contributed by atoms with Gasteiger partial charge in [0.15, 0.2) is 0 Å². The molecule has 0 aromatic heterocycles. The molecule has 7 nitrogen and oxygen atoms in total. The van der Waals surface area contributed by atoms with Crippen molar-refractivity contribution in [1.82, 2.24) is 9.80 Å². The van der Waals surface area contributed by atoms with Gasteiger partial charge in [-0.1, -0.05) is 13.8 Å². The number of hydrogen-bond acceptors (Lipinski definition) is 4. The summed E-state index contributed by atoms with van der Waals surface area (Å²) in [6, 6.07) is 6.88. The van der Waals surface area contributed by atoms with Crippen molar-refractivity contribution < 1.29 is 14.4 Å². The van der Waals surface area contributed by atoms with E-state index in [1.54, 1.807) is 29.2 Å². The van der Waals surface area contributed by atoms with Crippen LogP contribution >= 0.6 is 0 Å². The highest BCUT2D eigenvalue weighted by atomic mass is 16.2. The highest BCUT2D eigenvalue weighted by Crippen LogP contribution is 2.20. The second kappa shape index (κ2) is 10.2. The molecular formula is C21H32N4O3. The summed E-state index contributed by atoms with van der Waals surface area (Å²) < 4.78 is 0. The van der Waals surface area contributed by atoms with Crippen LogP contribution in [0.15, 0.2) is 24.3 Å². The molecule has 0 bridgehead atoms. The number of carbonyl (C=O) groups excluding carboxylic acids is 3. The van der Waals surface area contributed by atoms with Gasteiger partial charge in [-0.3, -0.25) is 19.3 Å². The molecule has 1 aromatic carbocycles. The molecule has 0 radical (unpaired) electrons. The Kier molecular flexibility index (Phi) is 7.99. The molecule has 1 saturated heterocycles. The second-order valence-corrected chi connectivity index (χ2v) is 7.85. The normalized spacial score (nSPS) is 19.7. The lowest BCUT2D eigenvalue weighted by atomic mass is 9.92. The van der Waals surface area contributed by atoms with Gasteiger partial charge in [-0.15, -0.1) is 0 Å². The van der Waals surface area contributed by atoms with Crippen molar-refractivity contribution in [2.24, 2.45) is 11.8 Å². The van der Waals surface area contributed by atoms with Crippen LogP contribution in [0.2, 0.25) is 0 Å². The third-order valence-electron chi connectivity index (χ3n) is 4.86. The molecule has 1 aromatic rings. The van der Waals surface area contributed by atoms with Crippen LogP contribution in [0.25, 0.3) is 0 Å². The highest BCUT2D eigenvalue weighted by molar-refractivity contribution is 5.95. The molecule has 1 heterocycles. The van der Waals surface area contributed by atoms with Crippen LogP contribution < -0.4 is 10.6 Å². The molecule has 154 valence electrons. The third kappa shape index (κ3) is 6.96. The summed E-state index contributed by atoms with van der Waals surface area (Å²) in [5.74, 6) is 0.792. The Balaban J connectivity index is 1.86. The number of rotatable bonds is 7. The summed E-state index contributed by atoms with van der Waals surface area (Å²) >= 11 is 0. The van der Waals surface area contributed by atoms with Crippen molar-refractivity contribution >= 4 is 29.1 Å². The summed E-state index contributed by atoms with van der Waals surface area (Å²) in [6.07, 6.45) is 1.20. The topological polar surface area (TPSA) is 81.8 Å².